The predicted octanol–water partition coefficient (Wildman–Crippen LogP) is 2.73. The molecule has 2 aromatic rings. The smallest absolute Gasteiger partial charge is 0.172 e. The average molecular weight is 323 g/mol. The third-order valence-electron chi connectivity index (χ3n) is 2.13. The van der Waals surface area contributed by atoms with E-state index in [9.17, 15) is 0 Å². The highest BCUT2D eigenvalue weighted by molar-refractivity contribution is 9.10. The molecule has 92 valence electrons. The zero-order chi connectivity index (χ0) is 12.8. The van der Waals surface area contributed by atoms with Gasteiger partial charge in [-0.05, 0) is 52.4 Å². The second-order valence-electron chi connectivity index (χ2n) is 3.49. The van der Waals surface area contributed by atoms with Gasteiger partial charge < -0.3 is 10.6 Å². The molecule has 0 fully saturated rings. The molecule has 2 N–H and O–H groups in total. The zero-order valence-electron chi connectivity index (χ0n) is 9.43. The first-order valence-corrected chi connectivity index (χ1v) is 6.50. The number of rotatable bonds is 3. The lowest BCUT2D eigenvalue weighted by Crippen LogP contribution is -2.28. The van der Waals surface area contributed by atoms with Gasteiger partial charge in [-0.3, -0.25) is 4.98 Å². The number of aromatic nitrogens is 2. The van der Waals surface area contributed by atoms with Gasteiger partial charge in [-0.25, -0.2) is 4.98 Å². The van der Waals surface area contributed by atoms with Gasteiger partial charge in [-0.15, -0.1) is 0 Å². The Hall–Kier alpha value is -1.53. The van der Waals surface area contributed by atoms with Crippen molar-refractivity contribution < 1.29 is 0 Å². The van der Waals surface area contributed by atoms with Gasteiger partial charge in [0.1, 0.15) is 5.82 Å². The van der Waals surface area contributed by atoms with E-state index in [1.807, 2.05) is 30.3 Å². The van der Waals surface area contributed by atoms with Crippen LogP contribution in [0.3, 0.4) is 0 Å². The van der Waals surface area contributed by atoms with Gasteiger partial charge in [0.25, 0.3) is 0 Å². The molecule has 0 aliphatic carbocycles. The molecule has 0 bridgehead atoms. The number of nitrogens with zero attached hydrogens (tertiary/aromatic N) is 2. The van der Waals surface area contributed by atoms with Crippen molar-refractivity contribution in [1.82, 2.24) is 15.3 Å². The number of pyridine rings is 2. The molecule has 2 rings (SSSR count). The normalized spacial score (nSPS) is 9.83. The highest BCUT2D eigenvalue weighted by Gasteiger charge is 1.99. The fraction of sp³-hybridized carbons (Fsp3) is 0.0833. The van der Waals surface area contributed by atoms with Gasteiger partial charge >= 0.3 is 0 Å². The number of hydrogen-bond donors (Lipinski definition) is 2. The molecule has 0 unspecified atom stereocenters. The lowest BCUT2D eigenvalue weighted by atomic mass is 10.3. The number of nitrogens with one attached hydrogen (secondary N) is 2. The van der Waals surface area contributed by atoms with E-state index in [0.717, 1.165) is 10.2 Å². The van der Waals surface area contributed by atoms with E-state index in [-0.39, 0.29) is 0 Å². The summed E-state index contributed by atoms with van der Waals surface area (Å²) in [5.74, 6) is 0.705. The maximum Gasteiger partial charge on any atom is 0.172 e. The predicted molar refractivity (Wildman–Crippen MR) is 79.2 cm³/mol. The third-order valence-corrected chi connectivity index (χ3v) is 2.84. The summed E-state index contributed by atoms with van der Waals surface area (Å²) in [6.07, 6.45) is 3.47. The first-order valence-electron chi connectivity index (χ1n) is 5.30. The van der Waals surface area contributed by atoms with Crippen molar-refractivity contribution in [2.45, 2.75) is 6.54 Å². The summed E-state index contributed by atoms with van der Waals surface area (Å²) in [5.41, 5.74) is 0.936. The fourth-order valence-electron chi connectivity index (χ4n) is 1.28. The van der Waals surface area contributed by atoms with Gasteiger partial charge in [0.05, 0.1) is 12.2 Å². The minimum Gasteiger partial charge on any atom is -0.357 e. The summed E-state index contributed by atoms with van der Waals surface area (Å²) in [5, 5.41) is 6.59. The Balaban J connectivity index is 1.84. The Bertz CT molecular complexity index is 515. The lowest BCUT2D eigenvalue weighted by Gasteiger charge is -2.09. The number of anilines is 1. The van der Waals surface area contributed by atoms with Crippen molar-refractivity contribution in [2.24, 2.45) is 0 Å². The summed E-state index contributed by atoms with van der Waals surface area (Å²) >= 11 is 8.49. The molecule has 0 aliphatic rings. The molecule has 0 aromatic carbocycles. The molecule has 0 spiro atoms. The van der Waals surface area contributed by atoms with Crippen LogP contribution < -0.4 is 10.6 Å². The molecular weight excluding hydrogens is 312 g/mol. The monoisotopic (exact) mass is 322 g/mol. The molecule has 2 aromatic heterocycles. The van der Waals surface area contributed by atoms with Gasteiger partial charge in [-0.2, -0.15) is 0 Å². The summed E-state index contributed by atoms with van der Waals surface area (Å²) in [7, 11) is 0. The van der Waals surface area contributed by atoms with Crippen molar-refractivity contribution in [1.29, 1.82) is 0 Å². The minimum absolute atomic E-state index is 0.524. The molecule has 0 amide bonds. The zero-order valence-corrected chi connectivity index (χ0v) is 11.8. The summed E-state index contributed by atoms with van der Waals surface area (Å²) in [6, 6.07) is 9.51. The maximum atomic E-state index is 5.17. The molecule has 0 radical (unpaired) electrons. The highest BCUT2D eigenvalue weighted by Crippen LogP contribution is 2.10. The van der Waals surface area contributed by atoms with E-state index in [2.05, 4.69) is 36.5 Å². The fourth-order valence-corrected chi connectivity index (χ4v) is 1.70. The van der Waals surface area contributed by atoms with Crippen molar-refractivity contribution in [3.8, 4) is 0 Å². The first-order chi connectivity index (χ1) is 8.74. The van der Waals surface area contributed by atoms with E-state index in [0.29, 0.717) is 17.5 Å². The number of hydrogen-bond acceptors (Lipinski definition) is 3. The van der Waals surface area contributed by atoms with Crippen molar-refractivity contribution in [2.75, 3.05) is 5.32 Å². The van der Waals surface area contributed by atoms with E-state index in [1.165, 1.54) is 0 Å². The minimum atomic E-state index is 0.524. The lowest BCUT2D eigenvalue weighted by molar-refractivity contribution is 0.881. The highest BCUT2D eigenvalue weighted by atomic mass is 79.9. The van der Waals surface area contributed by atoms with Crippen LogP contribution in [0.2, 0.25) is 0 Å². The van der Waals surface area contributed by atoms with Crippen LogP contribution >= 0.6 is 28.1 Å². The maximum absolute atomic E-state index is 5.17. The quantitative estimate of drug-likeness (QED) is 0.851. The second-order valence-corrected chi connectivity index (χ2v) is 4.81. The molecule has 0 saturated heterocycles. The van der Waals surface area contributed by atoms with Crippen molar-refractivity contribution >= 4 is 39.1 Å². The van der Waals surface area contributed by atoms with E-state index >= 15 is 0 Å². The second kappa shape index (κ2) is 6.42. The van der Waals surface area contributed by atoms with Crippen LogP contribution in [0.15, 0.2) is 47.2 Å². The topological polar surface area (TPSA) is 49.8 Å². The van der Waals surface area contributed by atoms with Crippen LogP contribution in [0.4, 0.5) is 5.82 Å². The molecule has 2 heterocycles. The van der Waals surface area contributed by atoms with Gasteiger partial charge in [0, 0.05) is 16.9 Å². The van der Waals surface area contributed by atoms with Crippen LogP contribution in [-0.2, 0) is 6.54 Å². The molecule has 6 heteroatoms. The Morgan fingerprint density at radius 3 is 2.78 bits per heavy atom. The van der Waals surface area contributed by atoms with E-state index in [1.54, 1.807) is 12.4 Å². The Labute approximate surface area is 119 Å². The van der Waals surface area contributed by atoms with E-state index < -0.39 is 0 Å². The molecule has 18 heavy (non-hydrogen) atoms. The summed E-state index contributed by atoms with van der Waals surface area (Å²) in [6.45, 7) is 0.587. The van der Waals surface area contributed by atoms with Crippen molar-refractivity contribution in [3.05, 3.63) is 52.9 Å². The average Bonchev–Trinajstić information content (AvgIpc) is 2.40. The first kappa shape index (κ1) is 12.9. The van der Waals surface area contributed by atoms with Gasteiger partial charge in [0.2, 0.25) is 0 Å². The van der Waals surface area contributed by atoms with Gasteiger partial charge in [-0.1, -0.05) is 6.07 Å². The molecular formula is C12H11BrN4S. The van der Waals surface area contributed by atoms with E-state index in [4.69, 9.17) is 12.2 Å². The Morgan fingerprint density at radius 2 is 2.11 bits per heavy atom. The van der Waals surface area contributed by atoms with Gasteiger partial charge in [0.15, 0.2) is 5.11 Å². The molecule has 0 atom stereocenters. The Morgan fingerprint density at radius 1 is 1.22 bits per heavy atom. The largest absolute Gasteiger partial charge is 0.357 e. The molecule has 0 saturated carbocycles. The van der Waals surface area contributed by atoms with Crippen LogP contribution in [0.1, 0.15) is 5.69 Å². The number of halogens is 1. The van der Waals surface area contributed by atoms with Crippen LogP contribution in [0.5, 0.6) is 0 Å². The van der Waals surface area contributed by atoms with Crippen LogP contribution in [0, 0.1) is 0 Å². The third kappa shape index (κ3) is 4.05. The molecule has 0 aliphatic heterocycles. The number of thiocarbonyl (C=S) groups is 1. The SMILES string of the molecule is S=C(NCc1ccccn1)Nc1ccc(Br)cn1. The van der Waals surface area contributed by atoms with Crippen LogP contribution in [0.25, 0.3) is 0 Å². The standard InChI is InChI=1S/C12H11BrN4S/c13-9-4-5-11(15-7-9)17-12(18)16-8-10-3-1-2-6-14-10/h1-7H,8H2,(H2,15,16,17,18). The summed E-state index contributed by atoms with van der Waals surface area (Å²) < 4.78 is 0.931. The summed E-state index contributed by atoms with van der Waals surface area (Å²) in [4.78, 5) is 8.37. The molecule has 4 nitrogen and oxygen atoms in total. The van der Waals surface area contributed by atoms with Crippen LogP contribution in [-0.4, -0.2) is 15.1 Å². The van der Waals surface area contributed by atoms with Crippen molar-refractivity contribution in [3.63, 3.8) is 0 Å². The Kier molecular flexibility index (Phi) is 4.60.